The van der Waals surface area contributed by atoms with Gasteiger partial charge in [0.15, 0.2) is 0 Å². The van der Waals surface area contributed by atoms with Crippen LogP contribution in [0, 0.1) is 5.82 Å². The number of nitrogens with zero attached hydrogens (tertiary/aromatic N) is 1. The number of carbonyl (C=O) groups is 1. The number of carboxylic acid groups (broad SMARTS) is 1. The first-order chi connectivity index (χ1) is 9.65. The van der Waals surface area contributed by atoms with Crippen LogP contribution in [0.15, 0.2) is 18.2 Å². The third kappa shape index (κ3) is 2.55. The van der Waals surface area contributed by atoms with Gasteiger partial charge in [0.1, 0.15) is 5.82 Å². The zero-order valence-corrected chi connectivity index (χ0v) is 11.3. The molecule has 2 aliphatic heterocycles. The van der Waals surface area contributed by atoms with E-state index in [2.05, 4.69) is 10.2 Å². The molecule has 0 saturated carbocycles. The van der Waals surface area contributed by atoms with Gasteiger partial charge in [-0.3, -0.25) is 4.90 Å². The van der Waals surface area contributed by atoms with Crippen LogP contribution in [0.3, 0.4) is 0 Å². The number of benzene rings is 1. The zero-order valence-electron chi connectivity index (χ0n) is 11.3. The molecule has 3 rings (SSSR count). The van der Waals surface area contributed by atoms with Gasteiger partial charge < -0.3 is 10.4 Å². The molecule has 1 aromatic rings. The topological polar surface area (TPSA) is 52.6 Å². The highest BCUT2D eigenvalue weighted by atomic mass is 19.1. The van der Waals surface area contributed by atoms with E-state index in [-0.39, 0.29) is 11.4 Å². The molecule has 0 amide bonds. The Bertz CT molecular complexity index is 521. The van der Waals surface area contributed by atoms with Gasteiger partial charge in [-0.1, -0.05) is 0 Å². The third-order valence-electron chi connectivity index (χ3n) is 4.45. The monoisotopic (exact) mass is 278 g/mol. The molecular formula is C15H19FN2O2. The lowest BCUT2D eigenvalue weighted by Gasteiger charge is -2.21. The van der Waals surface area contributed by atoms with E-state index < -0.39 is 5.97 Å². The summed E-state index contributed by atoms with van der Waals surface area (Å²) in [7, 11) is 0. The molecule has 1 aromatic carbocycles. The molecule has 5 heteroatoms. The average molecular weight is 278 g/mol. The van der Waals surface area contributed by atoms with E-state index in [1.807, 2.05) is 0 Å². The number of fused-ring (bicyclic) bond motifs is 1. The van der Waals surface area contributed by atoms with Gasteiger partial charge in [-0.25, -0.2) is 9.18 Å². The fraction of sp³-hybridized carbons (Fsp3) is 0.533. The molecule has 20 heavy (non-hydrogen) atoms. The van der Waals surface area contributed by atoms with Crippen molar-refractivity contribution in [1.29, 1.82) is 0 Å². The number of nitrogens with one attached hydrogen (secondary N) is 1. The maximum Gasteiger partial charge on any atom is 0.335 e. The van der Waals surface area contributed by atoms with Crippen LogP contribution >= 0.6 is 0 Å². The quantitative estimate of drug-likeness (QED) is 0.882. The minimum absolute atomic E-state index is 0.136. The van der Waals surface area contributed by atoms with Crippen LogP contribution < -0.4 is 5.32 Å². The van der Waals surface area contributed by atoms with Gasteiger partial charge in [-0.05, 0) is 44.0 Å². The van der Waals surface area contributed by atoms with E-state index in [1.54, 1.807) is 0 Å². The summed E-state index contributed by atoms with van der Waals surface area (Å²) in [4.78, 5) is 13.4. The molecule has 2 saturated heterocycles. The van der Waals surface area contributed by atoms with Crippen molar-refractivity contribution in [1.82, 2.24) is 10.2 Å². The first-order valence-corrected chi connectivity index (χ1v) is 7.14. The summed E-state index contributed by atoms with van der Waals surface area (Å²) in [6, 6.07) is 4.92. The van der Waals surface area contributed by atoms with Crippen LogP contribution in [0.25, 0.3) is 0 Å². The van der Waals surface area contributed by atoms with Gasteiger partial charge in [0, 0.05) is 30.7 Å². The van der Waals surface area contributed by atoms with Crippen LogP contribution in [-0.2, 0) is 6.54 Å². The Kier molecular flexibility index (Phi) is 3.72. The Balaban J connectivity index is 1.66. The summed E-state index contributed by atoms with van der Waals surface area (Å²) in [5.74, 6) is -1.36. The smallest absolute Gasteiger partial charge is 0.335 e. The Hall–Kier alpha value is -1.46. The van der Waals surface area contributed by atoms with E-state index in [9.17, 15) is 9.18 Å². The second kappa shape index (κ2) is 5.50. The van der Waals surface area contributed by atoms with Crippen LogP contribution in [0.1, 0.15) is 35.2 Å². The number of rotatable bonds is 4. The fourth-order valence-electron chi connectivity index (χ4n) is 3.40. The largest absolute Gasteiger partial charge is 0.478 e. The first kappa shape index (κ1) is 13.5. The number of aromatic carboxylic acids is 1. The SMILES string of the molecule is O=C(O)c1ccc(F)c(CNC2CCN3CCCC23)c1. The zero-order chi connectivity index (χ0) is 14.1. The molecule has 0 aromatic heterocycles. The van der Waals surface area contributed by atoms with Crippen molar-refractivity contribution in [2.75, 3.05) is 13.1 Å². The number of carboxylic acids is 1. The molecule has 2 N–H and O–H groups in total. The second-order valence-electron chi connectivity index (χ2n) is 5.63. The van der Waals surface area contributed by atoms with Crippen LogP contribution in [0.2, 0.25) is 0 Å². The number of hydrogen-bond acceptors (Lipinski definition) is 3. The van der Waals surface area contributed by atoms with E-state index in [1.165, 1.54) is 37.6 Å². The van der Waals surface area contributed by atoms with Crippen molar-refractivity contribution in [3.05, 3.63) is 35.1 Å². The van der Waals surface area contributed by atoms with E-state index >= 15 is 0 Å². The number of hydrogen-bond donors (Lipinski definition) is 2. The van der Waals surface area contributed by atoms with Gasteiger partial charge in [-0.2, -0.15) is 0 Å². The predicted octanol–water partition coefficient (Wildman–Crippen LogP) is 1.85. The van der Waals surface area contributed by atoms with Gasteiger partial charge in [0.25, 0.3) is 0 Å². The molecule has 2 unspecified atom stereocenters. The minimum atomic E-state index is -1.02. The molecule has 2 atom stereocenters. The second-order valence-corrected chi connectivity index (χ2v) is 5.63. The normalized spacial score (nSPS) is 25.9. The highest BCUT2D eigenvalue weighted by Crippen LogP contribution is 2.28. The van der Waals surface area contributed by atoms with Crippen molar-refractivity contribution >= 4 is 5.97 Å². The van der Waals surface area contributed by atoms with Gasteiger partial charge in [0.2, 0.25) is 0 Å². The standard InChI is InChI=1S/C15H19FN2O2/c16-12-4-3-10(15(19)20)8-11(12)9-17-13-5-7-18-6-1-2-14(13)18/h3-4,8,13-14,17H,1-2,5-7,9H2,(H,19,20). The molecule has 2 heterocycles. The van der Waals surface area contributed by atoms with E-state index in [0.717, 1.165) is 13.0 Å². The van der Waals surface area contributed by atoms with Gasteiger partial charge in [-0.15, -0.1) is 0 Å². The summed E-state index contributed by atoms with van der Waals surface area (Å²) in [5, 5.41) is 12.4. The predicted molar refractivity (Wildman–Crippen MR) is 73.2 cm³/mol. The molecule has 4 nitrogen and oxygen atoms in total. The van der Waals surface area contributed by atoms with Gasteiger partial charge in [0.05, 0.1) is 5.56 Å². The van der Waals surface area contributed by atoms with Crippen LogP contribution in [-0.4, -0.2) is 41.1 Å². The molecule has 0 radical (unpaired) electrons. The number of halogens is 1. The highest BCUT2D eigenvalue weighted by Gasteiger charge is 2.36. The van der Waals surface area contributed by atoms with Crippen LogP contribution in [0.4, 0.5) is 4.39 Å². The van der Waals surface area contributed by atoms with Gasteiger partial charge >= 0.3 is 5.97 Å². The maximum absolute atomic E-state index is 13.7. The maximum atomic E-state index is 13.7. The Morgan fingerprint density at radius 1 is 1.40 bits per heavy atom. The molecule has 2 aliphatic rings. The van der Waals surface area contributed by atoms with E-state index in [0.29, 0.717) is 24.2 Å². The van der Waals surface area contributed by atoms with E-state index in [4.69, 9.17) is 5.11 Å². The van der Waals surface area contributed by atoms with Crippen molar-refractivity contribution in [3.8, 4) is 0 Å². The summed E-state index contributed by atoms with van der Waals surface area (Å²) in [5.41, 5.74) is 0.568. The highest BCUT2D eigenvalue weighted by molar-refractivity contribution is 5.87. The fourth-order valence-corrected chi connectivity index (χ4v) is 3.40. The average Bonchev–Trinajstić information content (AvgIpc) is 3.01. The molecule has 2 fully saturated rings. The minimum Gasteiger partial charge on any atom is -0.478 e. The molecule has 108 valence electrons. The molecule has 0 spiro atoms. The lowest BCUT2D eigenvalue weighted by molar-refractivity contribution is 0.0696. The summed E-state index contributed by atoms with van der Waals surface area (Å²) in [6.45, 7) is 2.67. The summed E-state index contributed by atoms with van der Waals surface area (Å²) < 4.78 is 13.7. The van der Waals surface area contributed by atoms with Crippen molar-refractivity contribution in [3.63, 3.8) is 0 Å². The van der Waals surface area contributed by atoms with Crippen LogP contribution in [0.5, 0.6) is 0 Å². The molecule has 0 aliphatic carbocycles. The Morgan fingerprint density at radius 3 is 3.05 bits per heavy atom. The summed E-state index contributed by atoms with van der Waals surface area (Å²) in [6.07, 6.45) is 3.53. The molecular weight excluding hydrogens is 259 g/mol. The molecule has 0 bridgehead atoms. The Morgan fingerprint density at radius 2 is 2.25 bits per heavy atom. The first-order valence-electron chi connectivity index (χ1n) is 7.14. The summed E-state index contributed by atoms with van der Waals surface area (Å²) >= 11 is 0. The van der Waals surface area contributed by atoms with Crippen molar-refractivity contribution in [2.24, 2.45) is 0 Å². The van der Waals surface area contributed by atoms with Crippen molar-refractivity contribution in [2.45, 2.75) is 37.9 Å². The van der Waals surface area contributed by atoms with Crippen molar-refractivity contribution < 1.29 is 14.3 Å². The third-order valence-corrected chi connectivity index (χ3v) is 4.45. The Labute approximate surface area is 117 Å². The lowest BCUT2D eigenvalue weighted by Crippen LogP contribution is -2.38. The lowest BCUT2D eigenvalue weighted by atomic mass is 10.1.